The van der Waals surface area contributed by atoms with Crippen LogP contribution >= 0.6 is 0 Å². The van der Waals surface area contributed by atoms with E-state index in [1.807, 2.05) is 49.4 Å². The van der Waals surface area contributed by atoms with E-state index in [2.05, 4.69) is 29.8 Å². The molecule has 0 atom stereocenters. The molecule has 0 saturated heterocycles. The SMILES string of the molecule is C=C(C)Cc1ccccc1C(C#N)=NCCc1ccccc1. The van der Waals surface area contributed by atoms with Gasteiger partial charge in [-0.2, -0.15) is 5.26 Å². The molecule has 0 N–H and O–H groups in total. The van der Waals surface area contributed by atoms with Crippen LogP contribution in [0.5, 0.6) is 0 Å². The van der Waals surface area contributed by atoms with Gasteiger partial charge in [-0.1, -0.05) is 66.7 Å². The van der Waals surface area contributed by atoms with E-state index in [9.17, 15) is 5.26 Å². The molecule has 0 heterocycles. The monoisotopic (exact) mass is 288 g/mol. The zero-order valence-electron chi connectivity index (χ0n) is 12.9. The summed E-state index contributed by atoms with van der Waals surface area (Å²) in [5.74, 6) is 0. The van der Waals surface area contributed by atoms with Crippen LogP contribution in [0.4, 0.5) is 0 Å². The van der Waals surface area contributed by atoms with Crippen molar-refractivity contribution in [2.75, 3.05) is 6.54 Å². The molecule has 0 unspecified atom stereocenters. The van der Waals surface area contributed by atoms with E-state index >= 15 is 0 Å². The molecule has 0 radical (unpaired) electrons. The van der Waals surface area contributed by atoms with Gasteiger partial charge in [0.2, 0.25) is 0 Å². The smallest absolute Gasteiger partial charge is 0.142 e. The molecule has 2 aromatic rings. The van der Waals surface area contributed by atoms with Crippen LogP contribution in [0.15, 0.2) is 71.7 Å². The maximum Gasteiger partial charge on any atom is 0.142 e. The van der Waals surface area contributed by atoms with E-state index in [0.717, 1.165) is 29.5 Å². The van der Waals surface area contributed by atoms with Crippen LogP contribution < -0.4 is 0 Å². The van der Waals surface area contributed by atoms with E-state index in [1.165, 1.54) is 5.56 Å². The minimum Gasteiger partial charge on any atom is -0.273 e. The third kappa shape index (κ3) is 4.43. The van der Waals surface area contributed by atoms with Gasteiger partial charge in [0.05, 0.1) is 0 Å². The summed E-state index contributed by atoms with van der Waals surface area (Å²) in [6, 6.07) is 20.4. The molecule has 0 bridgehead atoms. The highest BCUT2D eigenvalue weighted by molar-refractivity contribution is 6.12. The summed E-state index contributed by atoms with van der Waals surface area (Å²) < 4.78 is 0. The van der Waals surface area contributed by atoms with Gasteiger partial charge >= 0.3 is 0 Å². The molecule has 0 fully saturated rings. The standard InChI is InChI=1S/C20H20N2/c1-16(2)14-18-10-6-7-11-19(18)20(15-21)22-13-12-17-8-4-3-5-9-17/h3-11H,1,12-14H2,2H3. The molecule has 0 aliphatic heterocycles. The minimum absolute atomic E-state index is 0.507. The van der Waals surface area contributed by atoms with Gasteiger partial charge in [0.25, 0.3) is 0 Å². The van der Waals surface area contributed by atoms with Gasteiger partial charge in [0, 0.05) is 12.1 Å². The van der Waals surface area contributed by atoms with Gasteiger partial charge in [0.1, 0.15) is 11.8 Å². The van der Waals surface area contributed by atoms with Crippen molar-refractivity contribution in [2.45, 2.75) is 19.8 Å². The van der Waals surface area contributed by atoms with Crippen LogP contribution in [-0.2, 0) is 12.8 Å². The third-order valence-electron chi connectivity index (χ3n) is 3.38. The van der Waals surface area contributed by atoms with E-state index in [-0.39, 0.29) is 0 Å². The second kappa shape index (κ2) is 7.95. The van der Waals surface area contributed by atoms with Gasteiger partial charge in [-0.05, 0) is 30.9 Å². The van der Waals surface area contributed by atoms with Crippen LogP contribution in [-0.4, -0.2) is 12.3 Å². The first-order valence-corrected chi connectivity index (χ1v) is 7.42. The molecular weight excluding hydrogens is 268 g/mol. The molecule has 0 aromatic heterocycles. The van der Waals surface area contributed by atoms with Crippen molar-refractivity contribution in [3.05, 3.63) is 83.4 Å². The fourth-order valence-electron chi connectivity index (χ4n) is 2.35. The lowest BCUT2D eigenvalue weighted by molar-refractivity contribution is 0.969. The summed E-state index contributed by atoms with van der Waals surface area (Å²) in [5, 5.41) is 9.43. The number of benzene rings is 2. The zero-order chi connectivity index (χ0) is 15.8. The zero-order valence-corrected chi connectivity index (χ0v) is 12.9. The van der Waals surface area contributed by atoms with Crippen LogP contribution in [0.1, 0.15) is 23.6 Å². The predicted molar refractivity (Wildman–Crippen MR) is 92.1 cm³/mol. The van der Waals surface area contributed by atoms with Crippen LogP contribution in [0.25, 0.3) is 0 Å². The fourth-order valence-corrected chi connectivity index (χ4v) is 2.35. The Morgan fingerprint density at radius 3 is 2.45 bits per heavy atom. The van der Waals surface area contributed by atoms with Gasteiger partial charge in [-0.3, -0.25) is 4.99 Å². The average Bonchev–Trinajstić information content (AvgIpc) is 2.53. The van der Waals surface area contributed by atoms with E-state index < -0.39 is 0 Å². The molecule has 2 aromatic carbocycles. The normalized spacial score (nSPS) is 11.0. The largest absolute Gasteiger partial charge is 0.273 e. The predicted octanol–water partition coefficient (Wildman–Crippen LogP) is 4.36. The Bertz CT molecular complexity index is 706. The van der Waals surface area contributed by atoms with E-state index in [4.69, 9.17) is 0 Å². The van der Waals surface area contributed by atoms with Crippen LogP contribution in [0.3, 0.4) is 0 Å². The Hall–Kier alpha value is -2.66. The number of hydrogen-bond acceptors (Lipinski definition) is 2. The lowest BCUT2D eigenvalue weighted by Gasteiger charge is -2.08. The molecule has 0 spiro atoms. The summed E-state index contributed by atoms with van der Waals surface area (Å²) in [6.45, 7) is 6.57. The van der Waals surface area contributed by atoms with Crippen molar-refractivity contribution in [1.82, 2.24) is 0 Å². The Balaban J connectivity index is 2.16. The number of aliphatic imine (C=N–C) groups is 1. The summed E-state index contributed by atoms with van der Waals surface area (Å²) in [5.41, 5.74) is 4.84. The van der Waals surface area contributed by atoms with Gasteiger partial charge in [-0.25, -0.2) is 0 Å². The maximum absolute atomic E-state index is 9.43. The Labute approximate surface area is 132 Å². The molecule has 22 heavy (non-hydrogen) atoms. The number of hydrogen-bond donors (Lipinski definition) is 0. The van der Waals surface area contributed by atoms with Crippen molar-refractivity contribution in [2.24, 2.45) is 4.99 Å². The van der Waals surface area contributed by atoms with Gasteiger partial charge in [0.15, 0.2) is 0 Å². The lowest BCUT2D eigenvalue weighted by Crippen LogP contribution is -2.05. The van der Waals surface area contributed by atoms with Crippen molar-refractivity contribution in [1.29, 1.82) is 5.26 Å². The molecular formula is C20H20N2. The average molecular weight is 288 g/mol. The molecule has 0 saturated carbocycles. The Kier molecular flexibility index (Phi) is 5.68. The first-order valence-electron chi connectivity index (χ1n) is 7.42. The molecule has 0 aliphatic rings. The third-order valence-corrected chi connectivity index (χ3v) is 3.38. The highest BCUT2D eigenvalue weighted by Crippen LogP contribution is 2.14. The molecule has 2 rings (SSSR count). The topological polar surface area (TPSA) is 36.1 Å². The molecule has 2 nitrogen and oxygen atoms in total. The summed E-state index contributed by atoms with van der Waals surface area (Å²) in [7, 11) is 0. The van der Waals surface area contributed by atoms with Crippen LogP contribution in [0, 0.1) is 11.3 Å². The summed E-state index contributed by atoms with van der Waals surface area (Å²) in [6.07, 6.45) is 1.62. The van der Waals surface area contributed by atoms with Crippen molar-refractivity contribution in [3.8, 4) is 6.07 Å². The summed E-state index contributed by atoms with van der Waals surface area (Å²) in [4.78, 5) is 4.50. The van der Waals surface area contributed by atoms with Crippen molar-refractivity contribution >= 4 is 5.71 Å². The second-order valence-corrected chi connectivity index (χ2v) is 5.37. The molecule has 2 heteroatoms. The quantitative estimate of drug-likeness (QED) is 0.574. The molecule has 0 amide bonds. The Morgan fingerprint density at radius 1 is 1.09 bits per heavy atom. The van der Waals surface area contributed by atoms with Gasteiger partial charge < -0.3 is 0 Å². The lowest BCUT2D eigenvalue weighted by atomic mass is 9.98. The minimum atomic E-state index is 0.507. The fraction of sp³-hybridized carbons (Fsp3) is 0.200. The first-order chi connectivity index (χ1) is 10.7. The van der Waals surface area contributed by atoms with Crippen molar-refractivity contribution < 1.29 is 0 Å². The van der Waals surface area contributed by atoms with E-state index in [0.29, 0.717) is 12.3 Å². The Morgan fingerprint density at radius 2 is 1.77 bits per heavy atom. The first kappa shape index (κ1) is 15.7. The van der Waals surface area contributed by atoms with Crippen molar-refractivity contribution in [3.63, 3.8) is 0 Å². The highest BCUT2D eigenvalue weighted by Gasteiger charge is 2.08. The number of allylic oxidation sites excluding steroid dienone is 1. The number of rotatable bonds is 6. The number of nitriles is 1. The van der Waals surface area contributed by atoms with Gasteiger partial charge in [-0.15, -0.1) is 0 Å². The molecule has 110 valence electrons. The summed E-state index contributed by atoms with van der Waals surface area (Å²) >= 11 is 0. The van der Waals surface area contributed by atoms with Crippen LogP contribution in [0.2, 0.25) is 0 Å². The van der Waals surface area contributed by atoms with E-state index in [1.54, 1.807) is 0 Å². The molecule has 0 aliphatic carbocycles. The highest BCUT2D eigenvalue weighted by atomic mass is 14.7. The maximum atomic E-state index is 9.43. The second-order valence-electron chi connectivity index (χ2n) is 5.37. The number of nitrogens with zero attached hydrogens (tertiary/aromatic N) is 2.